The lowest BCUT2D eigenvalue weighted by atomic mass is 9.81. The number of nitrogens with two attached hydrogens (primary N) is 1. The van der Waals surface area contributed by atoms with Crippen molar-refractivity contribution in [3.8, 4) is 0 Å². The van der Waals surface area contributed by atoms with E-state index in [4.69, 9.17) is 5.73 Å². The molecule has 2 aliphatic rings. The fourth-order valence-electron chi connectivity index (χ4n) is 3.65. The molecule has 1 aliphatic heterocycles. The number of hydrogen-bond acceptors (Lipinski definition) is 2. The quantitative estimate of drug-likeness (QED) is 0.850. The molecule has 1 amide bonds. The van der Waals surface area contributed by atoms with E-state index in [-0.39, 0.29) is 5.92 Å². The van der Waals surface area contributed by atoms with Gasteiger partial charge in [0, 0.05) is 25.0 Å². The molecule has 0 bridgehead atoms. The molecule has 0 aromatic carbocycles. The van der Waals surface area contributed by atoms with Crippen molar-refractivity contribution in [1.29, 1.82) is 0 Å². The molecule has 0 radical (unpaired) electrons. The van der Waals surface area contributed by atoms with Crippen molar-refractivity contribution in [1.82, 2.24) is 4.90 Å². The smallest absolute Gasteiger partial charge is 0.225 e. The summed E-state index contributed by atoms with van der Waals surface area (Å²) in [6.45, 7) is 3.92. The number of amides is 1. The van der Waals surface area contributed by atoms with E-state index in [2.05, 4.69) is 11.8 Å². The molecule has 110 valence electrons. The minimum Gasteiger partial charge on any atom is -0.342 e. The second-order valence-electron chi connectivity index (χ2n) is 6.51. The molecule has 19 heavy (non-hydrogen) atoms. The summed E-state index contributed by atoms with van der Waals surface area (Å²) >= 11 is 0. The van der Waals surface area contributed by atoms with Crippen LogP contribution in [0.1, 0.15) is 64.7 Å². The number of nitrogens with zero attached hydrogens (tertiary/aromatic N) is 1. The van der Waals surface area contributed by atoms with Gasteiger partial charge in [0.15, 0.2) is 0 Å². The predicted octanol–water partition coefficient (Wildman–Crippen LogP) is 2.93. The normalized spacial score (nSPS) is 24.4. The van der Waals surface area contributed by atoms with Crippen LogP contribution in [0.25, 0.3) is 0 Å². The fourth-order valence-corrected chi connectivity index (χ4v) is 3.65. The maximum absolute atomic E-state index is 12.6. The summed E-state index contributed by atoms with van der Waals surface area (Å²) in [4.78, 5) is 14.7. The molecule has 3 heteroatoms. The first-order chi connectivity index (χ1) is 9.20. The highest BCUT2D eigenvalue weighted by Gasteiger charge is 2.28. The third-order valence-corrected chi connectivity index (χ3v) is 5.04. The largest absolute Gasteiger partial charge is 0.342 e. The van der Waals surface area contributed by atoms with E-state index in [0.717, 1.165) is 44.7 Å². The van der Waals surface area contributed by atoms with Crippen molar-refractivity contribution in [3.63, 3.8) is 0 Å². The summed E-state index contributed by atoms with van der Waals surface area (Å²) in [5, 5.41) is 0. The van der Waals surface area contributed by atoms with E-state index in [1.165, 1.54) is 32.1 Å². The van der Waals surface area contributed by atoms with E-state index < -0.39 is 0 Å². The van der Waals surface area contributed by atoms with E-state index >= 15 is 0 Å². The Labute approximate surface area is 117 Å². The number of piperidine rings is 1. The Hall–Kier alpha value is -0.570. The Morgan fingerprint density at radius 3 is 2.37 bits per heavy atom. The Balaban J connectivity index is 1.83. The number of likely N-dealkylation sites (tertiary alicyclic amines) is 1. The molecular formula is C16H30N2O. The lowest BCUT2D eigenvalue weighted by molar-refractivity contribution is -0.137. The minimum absolute atomic E-state index is 0.262. The van der Waals surface area contributed by atoms with Crippen molar-refractivity contribution in [2.75, 3.05) is 13.1 Å². The molecule has 0 aromatic rings. The van der Waals surface area contributed by atoms with Crippen LogP contribution in [0.5, 0.6) is 0 Å². The summed E-state index contributed by atoms with van der Waals surface area (Å²) < 4.78 is 0. The standard InChI is InChI=1S/C16H30N2O/c1-2-14(12-13-6-4-3-5-7-13)16(19)18-10-8-15(17)9-11-18/h13-15H,2-12,17H2,1H3. The maximum atomic E-state index is 12.6. The van der Waals surface area contributed by atoms with Crippen LogP contribution >= 0.6 is 0 Å². The number of carbonyl (C=O) groups excluding carboxylic acids is 1. The number of hydrogen-bond donors (Lipinski definition) is 1. The summed E-state index contributed by atoms with van der Waals surface area (Å²) in [7, 11) is 0. The highest BCUT2D eigenvalue weighted by atomic mass is 16.2. The third kappa shape index (κ3) is 4.20. The average Bonchev–Trinajstić information content (AvgIpc) is 2.46. The Kier molecular flexibility index (Phi) is 5.68. The Morgan fingerprint density at radius 1 is 1.16 bits per heavy atom. The number of carbonyl (C=O) groups is 1. The van der Waals surface area contributed by atoms with Gasteiger partial charge >= 0.3 is 0 Å². The van der Waals surface area contributed by atoms with Crippen molar-refractivity contribution in [2.45, 2.75) is 70.8 Å². The van der Waals surface area contributed by atoms with Gasteiger partial charge in [0.05, 0.1) is 0 Å². The molecule has 0 aromatic heterocycles. The predicted molar refractivity (Wildman–Crippen MR) is 78.8 cm³/mol. The van der Waals surface area contributed by atoms with Gasteiger partial charge in [-0.3, -0.25) is 4.79 Å². The molecule has 1 atom stereocenters. The zero-order valence-corrected chi connectivity index (χ0v) is 12.4. The van der Waals surface area contributed by atoms with E-state index in [1.807, 2.05) is 0 Å². The highest BCUT2D eigenvalue weighted by molar-refractivity contribution is 5.78. The molecule has 1 saturated carbocycles. The fraction of sp³-hybridized carbons (Fsp3) is 0.938. The maximum Gasteiger partial charge on any atom is 0.225 e. The summed E-state index contributed by atoms with van der Waals surface area (Å²) in [6, 6.07) is 0.308. The second-order valence-corrected chi connectivity index (χ2v) is 6.51. The van der Waals surface area contributed by atoms with Crippen LogP contribution in [-0.2, 0) is 4.79 Å². The van der Waals surface area contributed by atoms with Crippen LogP contribution in [-0.4, -0.2) is 29.9 Å². The zero-order chi connectivity index (χ0) is 13.7. The molecule has 2 fully saturated rings. The molecule has 1 unspecified atom stereocenters. The molecule has 2 N–H and O–H groups in total. The van der Waals surface area contributed by atoms with E-state index in [1.54, 1.807) is 0 Å². The van der Waals surface area contributed by atoms with Gasteiger partial charge in [-0.05, 0) is 31.6 Å². The summed E-state index contributed by atoms with van der Waals surface area (Å²) in [5.41, 5.74) is 5.92. The summed E-state index contributed by atoms with van der Waals surface area (Å²) in [5.74, 6) is 1.46. The highest BCUT2D eigenvalue weighted by Crippen LogP contribution is 2.31. The zero-order valence-electron chi connectivity index (χ0n) is 12.4. The average molecular weight is 266 g/mol. The minimum atomic E-state index is 0.262. The van der Waals surface area contributed by atoms with Crippen LogP contribution in [0.2, 0.25) is 0 Å². The van der Waals surface area contributed by atoms with Crippen molar-refractivity contribution < 1.29 is 4.79 Å². The third-order valence-electron chi connectivity index (χ3n) is 5.04. The first kappa shape index (κ1) is 14.8. The molecular weight excluding hydrogens is 236 g/mol. The molecule has 1 heterocycles. The molecule has 1 saturated heterocycles. The second kappa shape index (κ2) is 7.28. The van der Waals surface area contributed by atoms with E-state index in [0.29, 0.717) is 11.9 Å². The van der Waals surface area contributed by atoms with Gasteiger partial charge in [-0.15, -0.1) is 0 Å². The first-order valence-electron chi connectivity index (χ1n) is 8.25. The van der Waals surface area contributed by atoms with Gasteiger partial charge in [-0.25, -0.2) is 0 Å². The molecule has 0 spiro atoms. The van der Waals surface area contributed by atoms with Gasteiger partial charge in [-0.2, -0.15) is 0 Å². The van der Waals surface area contributed by atoms with Crippen molar-refractivity contribution >= 4 is 5.91 Å². The monoisotopic (exact) mass is 266 g/mol. The Morgan fingerprint density at radius 2 is 1.79 bits per heavy atom. The van der Waals surface area contributed by atoms with Crippen molar-refractivity contribution in [3.05, 3.63) is 0 Å². The van der Waals surface area contributed by atoms with Crippen LogP contribution in [0.15, 0.2) is 0 Å². The van der Waals surface area contributed by atoms with Gasteiger partial charge < -0.3 is 10.6 Å². The van der Waals surface area contributed by atoms with Crippen LogP contribution in [0.4, 0.5) is 0 Å². The van der Waals surface area contributed by atoms with E-state index in [9.17, 15) is 4.79 Å². The van der Waals surface area contributed by atoms with Gasteiger partial charge in [0.1, 0.15) is 0 Å². The van der Waals surface area contributed by atoms with Crippen molar-refractivity contribution in [2.24, 2.45) is 17.6 Å². The molecule has 3 nitrogen and oxygen atoms in total. The van der Waals surface area contributed by atoms with Gasteiger partial charge in [-0.1, -0.05) is 39.0 Å². The first-order valence-corrected chi connectivity index (χ1v) is 8.25. The van der Waals surface area contributed by atoms with Crippen LogP contribution in [0, 0.1) is 11.8 Å². The molecule has 2 rings (SSSR count). The Bertz CT molecular complexity index is 278. The van der Waals surface area contributed by atoms with Crippen LogP contribution < -0.4 is 5.73 Å². The lowest BCUT2D eigenvalue weighted by Crippen LogP contribution is -2.45. The number of rotatable bonds is 4. The topological polar surface area (TPSA) is 46.3 Å². The lowest BCUT2D eigenvalue weighted by Gasteiger charge is -2.34. The molecule has 1 aliphatic carbocycles. The van der Waals surface area contributed by atoms with Gasteiger partial charge in [0.2, 0.25) is 5.91 Å². The SMILES string of the molecule is CCC(CC1CCCCC1)C(=O)N1CCC(N)CC1. The van der Waals surface area contributed by atoms with Gasteiger partial charge in [0.25, 0.3) is 0 Å². The summed E-state index contributed by atoms with van der Waals surface area (Å²) in [6.07, 6.45) is 10.9. The van der Waals surface area contributed by atoms with Crippen LogP contribution in [0.3, 0.4) is 0 Å².